The molecule has 2 saturated heterocycles. The zero-order chi connectivity index (χ0) is 18.1. The fourth-order valence-electron chi connectivity index (χ4n) is 3.78. The molecular weight excluding hydrogens is 330 g/mol. The molecule has 3 aliphatic rings. The summed E-state index contributed by atoms with van der Waals surface area (Å²) >= 11 is 0. The minimum Gasteiger partial charge on any atom is -0.377 e. The molecule has 0 radical (unpaired) electrons. The highest BCUT2D eigenvalue weighted by molar-refractivity contribution is 5.94. The maximum atomic E-state index is 12.7. The number of hydrogen-bond acceptors (Lipinski definition) is 4. The first-order valence-electron chi connectivity index (χ1n) is 9.66. The van der Waals surface area contributed by atoms with Gasteiger partial charge in [-0.1, -0.05) is 0 Å². The standard InChI is InChI=1S/C20H27N3O3/c1-15-14-26-13-12-23(15)20(25)17-4-6-18(7-5-17)21-8-10-22(11-9-21)19(24)16-2-3-16/h4-7,15-16H,2-3,8-14H2,1H3. The van der Waals surface area contributed by atoms with Crippen molar-refractivity contribution in [2.45, 2.75) is 25.8 Å². The summed E-state index contributed by atoms with van der Waals surface area (Å²) in [7, 11) is 0. The lowest BCUT2D eigenvalue weighted by molar-refractivity contribution is -0.132. The predicted octanol–water partition coefficient (Wildman–Crippen LogP) is 1.61. The van der Waals surface area contributed by atoms with Crippen LogP contribution in [0.5, 0.6) is 0 Å². The molecule has 3 fully saturated rings. The number of piperazine rings is 1. The van der Waals surface area contributed by atoms with E-state index in [9.17, 15) is 9.59 Å². The fourth-order valence-corrected chi connectivity index (χ4v) is 3.78. The molecule has 2 aliphatic heterocycles. The Morgan fingerprint density at radius 3 is 2.31 bits per heavy atom. The molecule has 1 aromatic rings. The summed E-state index contributed by atoms with van der Waals surface area (Å²) in [4.78, 5) is 31.0. The van der Waals surface area contributed by atoms with Crippen molar-refractivity contribution in [3.8, 4) is 0 Å². The summed E-state index contributed by atoms with van der Waals surface area (Å²) in [5.74, 6) is 0.715. The zero-order valence-corrected chi connectivity index (χ0v) is 15.4. The first-order chi connectivity index (χ1) is 12.6. The maximum absolute atomic E-state index is 12.7. The predicted molar refractivity (Wildman–Crippen MR) is 99.3 cm³/mol. The molecule has 4 rings (SSSR count). The fraction of sp³-hybridized carbons (Fsp3) is 0.600. The number of carbonyl (C=O) groups is 2. The molecule has 1 unspecified atom stereocenters. The molecule has 26 heavy (non-hydrogen) atoms. The van der Waals surface area contributed by atoms with Crippen molar-refractivity contribution in [2.24, 2.45) is 5.92 Å². The van der Waals surface area contributed by atoms with Crippen LogP contribution in [0.2, 0.25) is 0 Å². The molecule has 0 spiro atoms. The van der Waals surface area contributed by atoms with Crippen LogP contribution in [0.15, 0.2) is 24.3 Å². The summed E-state index contributed by atoms with van der Waals surface area (Å²) in [5.41, 5.74) is 1.85. The van der Waals surface area contributed by atoms with Crippen LogP contribution in [0.4, 0.5) is 5.69 Å². The molecule has 6 heteroatoms. The van der Waals surface area contributed by atoms with Gasteiger partial charge in [0.25, 0.3) is 5.91 Å². The minimum absolute atomic E-state index is 0.0761. The average molecular weight is 357 g/mol. The van der Waals surface area contributed by atoms with Gasteiger partial charge in [0.2, 0.25) is 5.91 Å². The normalized spacial score (nSPS) is 23.9. The number of morpholine rings is 1. The molecule has 140 valence electrons. The number of carbonyl (C=O) groups excluding carboxylic acids is 2. The summed E-state index contributed by atoms with van der Waals surface area (Å²) in [6, 6.07) is 8.00. The van der Waals surface area contributed by atoms with E-state index in [-0.39, 0.29) is 11.9 Å². The van der Waals surface area contributed by atoms with E-state index in [1.54, 1.807) is 0 Å². The Morgan fingerprint density at radius 2 is 1.69 bits per heavy atom. The van der Waals surface area contributed by atoms with Gasteiger partial charge in [-0.05, 0) is 44.0 Å². The highest BCUT2D eigenvalue weighted by Gasteiger charge is 2.34. The van der Waals surface area contributed by atoms with Crippen LogP contribution in [0.3, 0.4) is 0 Å². The van der Waals surface area contributed by atoms with Crippen molar-refractivity contribution in [2.75, 3.05) is 50.8 Å². The zero-order valence-electron chi connectivity index (χ0n) is 15.4. The lowest BCUT2D eigenvalue weighted by atomic mass is 10.1. The van der Waals surface area contributed by atoms with Gasteiger partial charge in [-0.25, -0.2) is 0 Å². The third kappa shape index (κ3) is 3.56. The van der Waals surface area contributed by atoms with Crippen molar-refractivity contribution in [1.29, 1.82) is 0 Å². The molecule has 0 aromatic heterocycles. The molecule has 1 aliphatic carbocycles. The van der Waals surface area contributed by atoms with E-state index in [4.69, 9.17) is 4.74 Å². The minimum atomic E-state index is 0.0761. The van der Waals surface area contributed by atoms with Gasteiger partial charge in [-0.3, -0.25) is 9.59 Å². The van der Waals surface area contributed by atoms with Gasteiger partial charge in [0.15, 0.2) is 0 Å². The molecular formula is C20H27N3O3. The average Bonchev–Trinajstić information content (AvgIpc) is 3.53. The van der Waals surface area contributed by atoms with E-state index in [1.807, 2.05) is 41.0 Å². The highest BCUT2D eigenvalue weighted by atomic mass is 16.5. The van der Waals surface area contributed by atoms with E-state index >= 15 is 0 Å². The molecule has 2 heterocycles. The highest BCUT2D eigenvalue weighted by Crippen LogP contribution is 2.31. The van der Waals surface area contributed by atoms with E-state index in [0.29, 0.717) is 31.6 Å². The van der Waals surface area contributed by atoms with Crippen molar-refractivity contribution < 1.29 is 14.3 Å². The van der Waals surface area contributed by atoms with E-state index < -0.39 is 0 Å². The Labute approximate surface area is 154 Å². The third-order valence-corrected chi connectivity index (χ3v) is 5.63. The van der Waals surface area contributed by atoms with E-state index in [2.05, 4.69) is 4.90 Å². The number of anilines is 1. The summed E-state index contributed by atoms with van der Waals surface area (Å²) in [6.45, 7) is 7.18. The third-order valence-electron chi connectivity index (χ3n) is 5.63. The first-order valence-corrected chi connectivity index (χ1v) is 9.66. The Morgan fingerprint density at radius 1 is 1.00 bits per heavy atom. The van der Waals surface area contributed by atoms with Gasteiger partial charge in [0.1, 0.15) is 0 Å². The van der Waals surface area contributed by atoms with Crippen molar-refractivity contribution in [3.63, 3.8) is 0 Å². The topological polar surface area (TPSA) is 53.1 Å². The van der Waals surface area contributed by atoms with Crippen LogP contribution < -0.4 is 4.90 Å². The Kier molecular flexibility index (Phi) is 4.85. The monoisotopic (exact) mass is 357 g/mol. The van der Waals surface area contributed by atoms with Gasteiger partial charge in [-0.2, -0.15) is 0 Å². The van der Waals surface area contributed by atoms with Gasteiger partial charge < -0.3 is 19.4 Å². The second-order valence-corrected chi connectivity index (χ2v) is 7.56. The van der Waals surface area contributed by atoms with Crippen LogP contribution in [0, 0.1) is 5.92 Å². The van der Waals surface area contributed by atoms with Gasteiger partial charge in [-0.15, -0.1) is 0 Å². The Hall–Kier alpha value is -2.08. The van der Waals surface area contributed by atoms with Crippen LogP contribution in [0.1, 0.15) is 30.1 Å². The number of ether oxygens (including phenoxy) is 1. The van der Waals surface area contributed by atoms with Crippen LogP contribution in [-0.4, -0.2) is 73.6 Å². The van der Waals surface area contributed by atoms with E-state index in [0.717, 1.165) is 50.3 Å². The SMILES string of the molecule is CC1COCCN1C(=O)c1ccc(N2CCN(C(=O)C3CC3)CC2)cc1. The molecule has 0 bridgehead atoms. The quantitative estimate of drug-likeness (QED) is 0.825. The molecule has 0 N–H and O–H groups in total. The Balaban J connectivity index is 1.35. The maximum Gasteiger partial charge on any atom is 0.254 e. The molecule has 1 aromatic carbocycles. The number of nitrogens with zero attached hydrogens (tertiary/aromatic N) is 3. The lowest BCUT2D eigenvalue weighted by Crippen LogP contribution is -2.49. The second-order valence-electron chi connectivity index (χ2n) is 7.56. The van der Waals surface area contributed by atoms with Gasteiger partial charge in [0, 0.05) is 49.9 Å². The first kappa shape index (κ1) is 17.3. The van der Waals surface area contributed by atoms with Crippen LogP contribution in [0.25, 0.3) is 0 Å². The molecule has 2 amide bonds. The molecule has 1 saturated carbocycles. The number of benzene rings is 1. The van der Waals surface area contributed by atoms with Crippen molar-refractivity contribution in [1.82, 2.24) is 9.80 Å². The molecule has 6 nitrogen and oxygen atoms in total. The smallest absolute Gasteiger partial charge is 0.254 e. The number of hydrogen-bond donors (Lipinski definition) is 0. The van der Waals surface area contributed by atoms with Gasteiger partial charge in [0.05, 0.1) is 19.3 Å². The summed E-state index contributed by atoms with van der Waals surface area (Å²) in [6.07, 6.45) is 2.13. The summed E-state index contributed by atoms with van der Waals surface area (Å²) in [5, 5.41) is 0. The largest absolute Gasteiger partial charge is 0.377 e. The molecule has 1 atom stereocenters. The van der Waals surface area contributed by atoms with Crippen LogP contribution in [-0.2, 0) is 9.53 Å². The van der Waals surface area contributed by atoms with Crippen molar-refractivity contribution in [3.05, 3.63) is 29.8 Å². The Bertz CT molecular complexity index is 663. The summed E-state index contributed by atoms with van der Waals surface area (Å²) < 4.78 is 5.41. The van der Waals surface area contributed by atoms with E-state index in [1.165, 1.54) is 0 Å². The van der Waals surface area contributed by atoms with Gasteiger partial charge >= 0.3 is 0 Å². The number of rotatable bonds is 3. The van der Waals surface area contributed by atoms with Crippen molar-refractivity contribution >= 4 is 17.5 Å². The number of amides is 2. The van der Waals surface area contributed by atoms with Crippen LogP contribution >= 0.6 is 0 Å². The lowest BCUT2D eigenvalue weighted by Gasteiger charge is -2.36. The second kappa shape index (κ2) is 7.27.